The third-order valence-corrected chi connectivity index (χ3v) is 8.53. The summed E-state index contributed by atoms with van der Waals surface area (Å²) >= 11 is 0. The molecule has 4 N–H and O–H groups in total. The zero-order valence-corrected chi connectivity index (χ0v) is 23.6. The number of benzene rings is 1. The molecule has 2 aliphatic heterocycles. The fourth-order valence-electron chi connectivity index (χ4n) is 6.55. The average molecular weight is 538 g/mol. The number of amidine groups is 1. The van der Waals surface area contributed by atoms with Crippen LogP contribution in [0.25, 0.3) is 22.2 Å². The van der Waals surface area contributed by atoms with Gasteiger partial charge in [-0.15, -0.1) is 0 Å². The van der Waals surface area contributed by atoms with Crippen molar-refractivity contribution in [1.82, 2.24) is 25.4 Å². The maximum Gasteiger partial charge on any atom is 0.216 e. The topological polar surface area (TPSA) is 98.9 Å². The molecule has 1 saturated carbocycles. The van der Waals surface area contributed by atoms with Crippen molar-refractivity contribution < 1.29 is 4.79 Å². The minimum Gasteiger partial charge on any atom is -0.382 e. The maximum atomic E-state index is 11.1. The van der Waals surface area contributed by atoms with Gasteiger partial charge in [-0.25, -0.2) is 9.98 Å². The minimum absolute atomic E-state index is 0.0160. The summed E-state index contributed by atoms with van der Waals surface area (Å²) < 4.78 is 0. The van der Waals surface area contributed by atoms with Gasteiger partial charge in [0, 0.05) is 50.4 Å². The molecule has 2 atom stereocenters. The first-order chi connectivity index (χ1) is 19.4. The smallest absolute Gasteiger partial charge is 0.216 e. The number of carbonyl (C=O) groups excluding carboxylic acids is 1. The first kappa shape index (κ1) is 26.3. The van der Waals surface area contributed by atoms with Gasteiger partial charge in [0.2, 0.25) is 5.91 Å². The minimum atomic E-state index is 0.0160. The van der Waals surface area contributed by atoms with E-state index >= 15 is 0 Å². The summed E-state index contributed by atoms with van der Waals surface area (Å²) in [6.45, 7) is 6.24. The number of fused-ring (bicyclic) bond motifs is 2. The second kappa shape index (κ2) is 10.9. The summed E-state index contributed by atoms with van der Waals surface area (Å²) in [6, 6.07) is 10.8. The quantitative estimate of drug-likeness (QED) is 0.440. The van der Waals surface area contributed by atoms with Crippen LogP contribution in [0.1, 0.15) is 44.4 Å². The average Bonchev–Trinajstić information content (AvgIpc) is 3.21. The predicted octanol–water partition coefficient (Wildman–Crippen LogP) is 4.05. The van der Waals surface area contributed by atoms with Crippen LogP contribution in [0.4, 0.5) is 0 Å². The number of nitrogens with one attached hydrogen (secondary N) is 2. The normalized spacial score (nSPS) is 25.6. The third-order valence-electron chi connectivity index (χ3n) is 8.53. The number of allylic oxidation sites excluding steroid dienone is 4. The first-order valence-electron chi connectivity index (χ1n) is 14.4. The summed E-state index contributed by atoms with van der Waals surface area (Å²) in [5.74, 6) is 2.25. The van der Waals surface area contributed by atoms with E-state index < -0.39 is 0 Å². The molecule has 4 aliphatic rings. The summed E-state index contributed by atoms with van der Waals surface area (Å²) in [5, 5.41) is 7.46. The molecule has 6 rings (SSSR count). The van der Waals surface area contributed by atoms with Crippen molar-refractivity contribution in [3.63, 3.8) is 0 Å². The van der Waals surface area contributed by atoms with Gasteiger partial charge in [-0.05, 0) is 61.3 Å². The zero-order valence-electron chi connectivity index (χ0n) is 23.6. The van der Waals surface area contributed by atoms with Crippen LogP contribution < -0.4 is 16.4 Å². The molecule has 1 aromatic heterocycles. The molecule has 208 valence electrons. The Balaban J connectivity index is 1.22. The number of hydrogen-bond donors (Lipinski definition) is 3. The second-order valence-corrected chi connectivity index (χ2v) is 11.6. The Kier molecular flexibility index (Phi) is 7.19. The Hall–Kier alpha value is -3.91. The van der Waals surface area contributed by atoms with E-state index in [2.05, 4.69) is 94.2 Å². The fourth-order valence-corrected chi connectivity index (χ4v) is 6.55. The van der Waals surface area contributed by atoms with Crippen LogP contribution in [0.3, 0.4) is 0 Å². The van der Waals surface area contributed by atoms with E-state index in [0.29, 0.717) is 30.1 Å². The van der Waals surface area contributed by atoms with E-state index in [-0.39, 0.29) is 12.1 Å². The van der Waals surface area contributed by atoms with Crippen molar-refractivity contribution in [3.8, 4) is 0 Å². The SMILES string of the molecule is CC(=O)NCCNCC1CC(C2N(C)C(c3ccc4ccc(C5=CC(C)CC=C5)nc4c3)=C3C(N)=NC=CN32)C1. The van der Waals surface area contributed by atoms with E-state index in [4.69, 9.17) is 10.7 Å². The van der Waals surface area contributed by atoms with Crippen molar-refractivity contribution in [2.75, 3.05) is 26.7 Å². The summed E-state index contributed by atoms with van der Waals surface area (Å²) in [6.07, 6.45) is 14.2. The number of aromatic nitrogens is 1. The Bertz CT molecular complexity index is 1460. The van der Waals surface area contributed by atoms with E-state index in [1.54, 1.807) is 6.92 Å². The van der Waals surface area contributed by atoms with Crippen LogP contribution in [-0.4, -0.2) is 59.4 Å². The number of rotatable bonds is 8. The van der Waals surface area contributed by atoms with E-state index in [1.165, 1.54) is 5.57 Å². The fraction of sp³-hybridized carbons (Fsp3) is 0.406. The van der Waals surface area contributed by atoms with Gasteiger partial charge in [-0.2, -0.15) is 0 Å². The monoisotopic (exact) mass is 537 g/mol. The highest BCUT2D eigenvalue weighted by atomic mass is 16.1. The highest BCUT2D eigenvalue weighted by Crippen LogP contribution is 2.46. The van der Waals surface area contributed by atoms with E-state index in [1.807, 2.05) is 6.20 Å². The second-order valence-electron chi connectivity index (χ2n) is 11.6. The number of amides is 1. The number of aliphatic imine (C=N–C) groups is 1. The lowest BCUT2D eigenvalue weighted by Crippen LogP contribution is -2.50. The van der Waals surface area contributed by atoms with Crippen molar-refractivity contribution in [3.05, 3.63) is 77.9 Å². The Morgan fingerprint density at radius 3 is 2.77 bits per heavy atom. The molecule has 2 unspecified atom stereocenters. The summed E-state index contributed by atoms with van der Waals surface area (Å²) in [7, 11) is 2.18. The molecular weight excluding hydrogens is 498 g/mol. The van der Waals surface area contributed by atoms with Gasteiger partial charge in [0.1, 0.15) is 17.7 Å². The number of hydrogen-bond acceptors (Lipinski definition) is 7. The van der Waals surface area contributed by atoms with Gasteiger partial charge in [-0.1, -0.05) is 43.4 Å². The molecular formula is C32H39N7O. The molecule has 0 saturated heterocycles. The summed E-state index contributed by atoms with van der Waals surface area (Å²) in [5.41, 5.74) is 12.9. The van der Waals surface area contributed by atoms with Gasteiger partial charge in [0.25, 0.3) is 0 Å². The number of nitrogens with zero attached hydrogens (tertiary/aromatic N) is 4. The van der Waals surface area contributed by atoms with Crippen LogP contribution in [0.5, 0.6) is 0 Å². The van der Waals surface area contributed by atoms with Gasteiger partial charge in [-0.3, -0.25) is 4.79 Å². The molecule has 0 radical (unpaired) electrons. The maximum absolute atomic E-state index is 11.1. The van der Waals surface area contributed by atoms with E-state index in [0.717, 1.165) is 65.9 Å². The van der Waals surface area contributed by atoms with Crippen LogP contribution >= 0.6 is 0 Å². The van der Waals surface area contributed by atoms with Crippen molar-refractivity contribution in [2.45, 2.75) is 39.3 Å². The third kappa shape index (κ3) is 5.04. The van der Waals surface area contributed by atoms with Crippen molar-refractivity contribution in [2.24, 2.45) is 28.5 Å². The Morgan fingerprint density at radius 2 is 1.98 bits per heavy atom. The number of carbonyl (C=O) groups is 1. The largest absolute Gasteiger partial charge is 0.382 e. The number of nitrogens with two attached hydrogens (primary N) is 1. The van der Waals surface area contributed by atoms with Gasteiger partial charge in [0.05, 0.1) is 16.9 Å². The molecule has 8 nitrogen and oxygen atoms in total. The lowest BCUT2D eigenvalue weighted by molar-refractivity contribution is -0.118. The Morgan fingerprint density at radius 1 is 1.15 bits per heavy atom. The van der Waals surface area contributed by atoms with Crippen molar-refractivity contribution in [1.29, 1.82) is 0 Å². The molecule has 2 aromatic rings. The predicted molar refractivity (Wildman–Crippen MR) is 161 cm³/mol. The lowest BCUT2D eigenvalue weighted by atomic mass is 9.72. The molecule has 1 fully saturated rings. The highest BCUT2D eigenvalue weighted by Gasteiger charge is 2.46. The summed E-state index contributed by atoms with van der Waals surface area (Å²) in [4.78, 5) is 25.3. The van der Waals surface area contributed by atoms with Crippen molar-refractivity contribution >= 4 is 33.9 Å². The molecule has 0 bridgehead atoms. The molecule has 40 heavy (non-hydrogen) atoms. The molecule has 1 aromatic carbocycles. The standard InChI is InChI=1S/C32H39N7O/c1-20-5-4-6-24(15-20)27-10-9-23-7-8-25(18-28(23)37-27)29-30-31(33)36-13-14-39(30)32(38(29)3)26-16-22(17-26)19-34-11-12-35-21(2)40/h4,6-10,13-15,18,20,22,26,32,34H,5,11-12,16-17,19H2,1-3H3,(H2,33,36)(H,35,40). The first-order valence-corrected chi connectivity index (χ1v) is 14.4. The zero-order chi connectivity index (χ0) is 27.8. The Labute approximate surface area is 236 Å². The van der Waals surface area contributed by atoms with Gasteiger partial charge in [0.15, 0.2) is 0 Å². The van der Waals surface area contributed by atoms with Gasteiger partial charge < -0.3 is 26.2 Å². The molecule has 3 heterocycles. The van der Waals surface area contributed by atoms with Crippen LogP contribution in [-0.2, 0) is 4.79 Å². The van der Waals surface area contributed by atoms with Crippen LogP contribution in [0.15, 0.2) is 71.6 Å². The molecule has 1 amide bonds. The molecule has 0 spiro atoms. The van der Waals surface area contributed by atoms with Crippen LogP contribution in [0, 0.1) is 17.8 Å². The van der Waals surface area contributed by atoms with E-state index in [9.17, 15) is 4.79 Å². The number of pyridine rings is 1. The molecule has 2 aliphatic carbocycles. The van der Waals surface area contributed by atoms with Gasteiger partial charge >= 0.3 is 0 Å². The lowest BCUT2D eigenvalue weighted by Gasteiger charge is -2.45. The highest BCUT2D eigenvalue weighted by molar-refractivity contribution is 6.05. The molecule has 8 heteroatoms. The van der Waals surface area contributed by atoms with Crippen LogP contribution in [0.2, 0.25) is 0 Å².